The van der Waals surface area contributed by atoms with Gasteiger partial charge in [-0.15, -0.1) is 0 Å². The molecule has 0 saturated carbocycles. The molecule has 0 unspecified atom stereocenters. The van der Waals surface area contributed by atoms with Crippen LogP contribution < -0.4 is 10.6 Å². The minimum Gasteiger partial charge on any atom is -0.467 e. The van der Waals surface area contributed by atoms with E-state index < -0.39 is 18.5 Å². The molecule has 3 rings (SSSR count). The minimum absolute atomic E-state index is 0.320. The van der Waals surface area contributed by atoms with Crippen molar-refractivity contribution in [2.24, 2.45) is 0 Å². The minimum atomic E-state index is -0.614. The number of esters is 1. The molecule has 8 heteroatoms. The Labute approximate surface area is 160 Å². The zero-order valence-corrected chi connectivity index (χ0v) is 14.9. The molecule has 2 heterocycles. The Kier molecular flexibility index (Phi) is 6.06. The van der Waals surface area contributed by atoms with E-state index in [1.54, 1.807) is 48.7 Å². The number of ether oxygens (including phenoxy) is 1. The number of hydrogen-bond acceptors (Lipinski definition) is 6. The maximum absolute atomic E-state index is 12.3. The molecular weight excluding hydrogens is 370 g/mol. The molecule has 7 nitrogen and oxygen atoms in total. The van der Waals surface area contributed by atoms with E-state index in [-0.39, 0.29) is 0 Å². The van der Waals surface area contributed by atoms with Gasteiger partial charge in [0.1, 0.15) is 11.6 Å². The normalized spacial score (nSPS) is 10.3. The molecule has 0 fully saturated rings. The molecule has 2 aromatic heterocycles. The number of rotatable bonds is 7. The smallest absolute Gasteiger partial charge is 0.340 e. The number of benzene rings is 1. The monoisotopic (exact) mass is 385 g/mol. The summed E-state index contributed by atoms with van der Waals surface area (Å²) in [5.74, 6) is -0.0649. The molecule has 0 aliphatic heterocycles. The highest BCUT2D eigenvalue weighted by molar-refractivity contribution is 6.30. The van der Waals surface area contributed by atoms with Gasteiger partial charge in [0.2, 0.25) is 0 Å². The van der Waals surface area contributed by atoms with E-state index in [0.717, 1.165) is 5.76 Å². The summed E-state index contributed by atoms with van der Waals surface area (Å²) >= 11 is 5.74. The lowest BCUT2D eigenvalue weighted by atomic mass is 10.2. The molecule has 0 saturated heterocycles. The number of amides is 1. The van der Waals surface area contributed by atoms with E-state index in [1.807, 2.05) is 6.07 Å². The van der Waals surface area contributed by atoms with Gasteiger partial charge in [-0.2, -0.15) is 0 Å². The van der Waals surface area contributed by atoms with Crippen LogP contribution in [0.15, 0.2) is 65.4 Å². The third-order valence-corrected chi connectivity index (χ3v) is 3.73. The van der Waals surface area contributed by atoms with Crippen LogP contribution in [0, 0.1) is 0 Å². The SMILES string of the molecule is O=C(COC(=O)c1ccccc1NCc1ccco1)Nc1ccc(Cl)cn1. The Morgan fingerprint density at radius 2 is 1.96 bits per heavy atom. The Bertz CT molecular complexity index is 911. The van der Waals surface area contributed by atoms with Crippen molar-refractivity contribution in [2.75, 3.05) is 17.2 Å². The first kappa shape index (κ1) is 18.5. The van der Waals surface area contributed by atoms with Crippen molar-refractivity contribution in [3.63, 3.8) is 0 Å². The average Bonchev–Trinajstić information content (AvgIpc) is 3.20. The maximum Gasteiger partial charge on any atom is 0.340 e. The molecule has 2 N–H and O–H groups in total. The molecule has 0 atom stereocenters. The van der Waals surface area contributed by atoms with E-state index in [0.29, 0.717) is 28.6 Å². The molecule has 3 aromatic rings. The zero-order chi connectivity index (χ0) is 19.1. The van der Waals surface area contributed by atoms with Crippen LogP contribution in [0.1, 0.15) is 16.1 Å². The second-order valence-corrected chi connectivity index (χ2v) is 5.90. The Hall–Kier alpha value is -3.32. The van der Waals surface area contributed by atoms with Crippen LogP contribution >= 0.6 is 11.6 Å². The van der Waals surface area contributed by atoms with Crippen molar-refractivity contribution >= 4 is 35.0 Å². The summed E-state index contributed by atoms with van der Waals surface area (Å²) < 4.78 is 10.3. The lowest BCUT2D eigenvalue weighted by molar-refractivity contribution is -0.119. The summed E-state index contributed by atoms with van der Waals surface area (Å²) in [5, 5.41) is 6.09. The van der Waals surface area contributed by atoms with Gasteiger partial charge in [-0.1, -0.05) is 23.7 Å². The van der Waals surface area contributed by atoms with Crippen molar-refractivity contribution in [1.82, 2.24) is 4.98 Å². The first-order chi connectivity index (χ1) is 13.1. The molecule has 0 spiro atoms. The molecule has 27 heavy (non-hydrogen) atoms. The predicted molar refractivity (Wildman–Crippen MR) is 101 cm³/mol. The lowest BCUT2D eigenvalue weighted by Gasteiger charge is -2.11. The number of carbonyl (C=O) groups is 2. The summed E-state index contributed by atoms with van der Waals surface area (Å²) in [4.78, 5) is 28.2. The predicted octanol–water partition coefficient (Wildman–Crippen LogP) is 3.74. The number of para-hydroxylation sites is 1. The summed E-state index contributed by atoms with van der Waals surface area (Å²) in [6.45, 7) is -0.0182. The highest BCUT2D eigenvalue weighted by atomic mass is 35.5. The zero-order valence-electron chi connectivity index (χ0n) is 14.1. The van der Waals surface area contributed by atoms with E-state index in [1.165, 1.54) is 6.20 Å². The fourth-order valence-corrected chi connectivity index (χ4v) is 2.36. The highest BCUT2D eigenvalue weighted by Gasteiger charge is 2.14. The number of aromatic nitrogens is 1. The van der Waals surface area contributed by atoms with Crippen LogP contribution in [0.2, 0.25) is 5.02 Å². The van der Waals surface area contributed by atoms with Gasteiger partial charge in [0.05, 0.1) is 23.4 Å². The molecular formula is C19H16ClN3O4. The van der Waals surface area contributed by atoms with Crippen LogP contribution in [-0.4, -0.2) is 23.5 Å². The summed E-state index contributed by atoms with van der Waals surface area (Å²) in [6, 6.07) is 13.6. The number of furan rings is 1. The standard InChI is InChI=1S/C19H16ClN3O4/c20-13-7-8-17(22-10-13)23-18(24)12-27-19(25)15-5-1-2-6-16(15)21-11-14-4-3-9-26-14/h1-10,21H,11-12H2,(H,22,23,24). The topological polar surface area (TPSA) is 93.5 Å². The fraction of sp³-hybridized carbons (Fsp3) is 0.105. The maximum atomic E-state index is 12.3. The van der Waals surface area contributed by atoms with Gasteiger partial charge in [0.25, 0.3) is 5.91 Å². The number of anilines is 2. The first-order valence-corrected chi connectivity index (χ1v) is 8.43. The van der Waals surface area contributed by atoms with Gasteiger partial charge in [-0.05, 0) is 36.4 Å². The van der Waals surface area contributed by atoms with Gasteiger partial charge in [0.15, 0.2) is 6.61 Å². The number of nitrogens with one attached hydrogen (secondary N) is 2. The van der Waals surface area contributed by atoms with Crippen LogP contribution in [0.3, 0.4) is 0 Å². The van der Waals surface area contributed by atoms with Gasteiger partial charge >= 0.3 is 5.97 Å². The Morgan fingerprint density at radius 1 is 1.11 bits per heavy atom. The van der Waals surface area contributed by atoms with Gasteiger partial charge in [-0.25, -0.2) is 9.78 Å². The van der Waals surface area contributed by atoms with Crippen molar-refractivity contribution < 1.29 is 18.7 Å². The molecule has 1 amide bonds. The fourth-order valence-electron chi connectivity index (χ4n) is 2.25. The summed E-state index contributed by atoms with van der Waals surface area (Å²) in [5.41, 5.74) is 0.903. The van der Waals surface area contributed by atoms with E-state index in [9.17, 15) is 9.59 Å². The third kappa shape index (κ3) is 5.32. The van der Waals surface area contributed by atoms with Gasteiger partial charge in [0, 0.05) is 11.9 Å². The van der Waals surface area contributed by atoms with Crippen LogP contribution in [0.5, 0.6) is 0 Å². The number of pyridine rings is 1. The van der Waals surface area contributed by atoms with E-state index in [2.05, 4.69) is 15.6 Å². The highest BCUT2D eigenvalue weighted by Crippen LogP contribution is 2.17. The second kappa shape index (κ2) is 8.86. The van der Waals surface area contributed by atoms with Crippen molar-refractivity contribution in [1.29, 1.82) is 0 Å². The number of hydrogen-bond donors (Lipinski definition) is 2. The van der Waals surface area contributed by atoms with Crippen molar-refractivity contribution in [3.8, 4) is 0 Å². The van der Waals surface area contributed by atoms with Gasteiger partial charge in [-0.3, -0.25) is 4.79 Å². The number of carbonyl (C=O) groups excluding carboxylic acids is 2. The Balaban J connectivity index is 1.55. The summed E-state index contributed by atoms with van der Waals surface area (Å²) in [7, 11) is 0. The van der Waals surface area contributed by atoms with Gasteiger partial charge < -0.3 is 19.8 Å². The quantitative estimate of drug-likeness (QED) is 0.602. The first-order valence-electron chi connectivity index (χ1n) is 8.05. The molecule has 0 bridgehead atoms. The van der Waals surface area contributed by atoms with Crippen LogP contribution in [0.4, 0.5) is 11.5 Å². The molecule has 0 aliphatic carbocycles. The number of nitrogens with zero attached hydrogens (tertiary/aromatic N) is 1. The third-order valence-electron chi connectivity index (χ3n) is 3.51. The average molecular weight is 386 g/mol. The van der Waals surface area contributed by atoms with Crippen LogP contribution in [0.25, 0.3) is 0 Å². The van der Waals surface area contributed by atoms with Crippen molar-refractivity contribution in [2.45, 2.75) is 6.54 Å². The lowest BCUT2D eigenvalue weighted by Crippen LogP contribution is -2.21. The molecule has 1 aromatic carbocycles. The summed E-state index contributed by atoms with van der Waals surface area (Å²) in [6.07, 6.45) is 2.98. The van der Waals surface area contributed by atoms with E-state index >= 15 is 0 Å². The number of halogens is 1. The molecule has 138 valence electrons. The van der Waals surface area contributed by atoms with Crippen molar-refractivity contribution in [3.05, 3.63) is 77.3 Å². The molecule has 0 radical (unpaired) electrons. The largest absolute Gasteiger partial charge is 0.467 e. The van der Waals surface area contributed by atoms with E-state index in [4.69, 9.17) is 20.8 Å². The second-order valence-electron chi connectivity index (χ2n) is 5.46. The Morgan fingerprint density at radius 3 is 2.70 bits per heavy atom. The van der Waals surface area contributed by atoms with Crippen LogP contribution in [-0.2, 0) is 16.1 Å². The molecule has 0 aliphatic rings.